The molecule has 0 aromatic heterocycles. The van der Waals surface area contributed by atoms with Gasteiger partial charge >= 0.3 is 0 Å². The average molecular weight is 309 g/mol. The van der Waals surface area contributed by atoms with Crippen LogP contribution in [0, 0.1) is 11.2 Å². The first-order valence-electron chi connectivity index (χ1n) is 8.12. The van der Waals surface area contributed by atoms with Gasteiger partial charge < -0.3 is 4.90 Å². The fourth-order valence-corrected chi connectivity index (χ4v) is 3.39. The number of rotatable bonds is 2. The van der Waals surface area contributed by atoms with E-state index in [2.05, 4.69) is 16.2 Å². The van der Waals surface area contributed by atoms with Gasteiger partial charge in [-0.15, -0.1) is 0 Å². The van der Waals surface area contributed by atoms with Crippen molar-refractivity contribution in [3.05, 3.63) is 29.8 Å². The molecule has 1 atom stereocenters. The molecule has 23 heavy (non-hydrogen) atoms. The minimum absolute atomic E-state index is 0.174. The van der Waals surface area contributed by atoms with Crippen molar-refractivity contribution in [2.45, 2.75) is 37.8 Å². The Bertz CT molecular complexity index is 659. The van der Waals surface area contributed by atoms with E-state index in [0.29, 0.717) is 12.8 Å². The lowest BCUT2D eigenvalue weighted by Crippen LogP contribution is -2.49. The average Bonchev–Trinajstić information content (AvgIpc) is 2.59. The molecule has 1 aromatic carbocycles. The predicted octanol–water partition coefficient (Wildman–Crippen LogP) is 1.76. The number of nitrogens with zero attached hydrogens (tertiary/aromatic N) is 2. The molecule has 2 aliphatic rings. The Morgan fingerprint density at radius 2 is 1.87 bits per heavy atom. The summed E-state index contributed by atoms with van der Waals surface area (Å²) in [5, 5.41) is 11.4. The van der Waals surface area contributed by atoms with E-state index in [-0.39, 0.29) is 18.5 Å². The number of hydrogen-bond donors (Lipinski definition) is 1. The summed E-state index contributed by atoms with van der Waals surface area (Å²) in [5.74, 6) is 1.94. The normalized spacial score (nSPS) is 25.0. The van der Waals surface area contributed by atoms with Crippen LogP contribution in [0.3, 0.4) is 0 Å². The number of nitrogens with one attached hydrogen (secondary N) is 1. The number of imide groups is 1. The lowest BCUT2D eigenvalue weighted by molar-refractivity contribution is -0.137. The van der Waals surface area contributed by atoms with E-state index in [9.17, 15) is 9.59 Å². The Morgan fingerprint density at radius 3 is 2.43 bits per heavy atom. The SMILES string of the molecule is CC1(c2ccc(N3CCB(C#N)CC3)cc2)CCC(=O)NC1=O. The summed E-state index contributed by atoms with van der Waals surface area (Å²) in [6, 6.07) is 8.05. The molecule has 2 aliphatic heterocycles. The third-order valence-corrected chi connectivity index (χ3v) is 5.15. The van der Waals surface area contributed by atoms with Crippen LogP contribution in [-0.4, -0.2) is 31.6 Å². The molecule has 5 nitrogen and oxygen atoms in total. The molecular weight excluding hydrogens is 289 g/mol. The molecule has 6 heteroatoms. The Labute approximate surface area is 136 Å². The Hall–Kier alpha value is -2.29. The van der Waals surface area contributed by atoms with Crippen LogP contribution in [0.25, 0.3) is 0 Å². The van der Waals surface area contributed by atoms with Crippen molar-refractivity contribution in [2.24, 2.45) is 0 Å². The van der Waals surface area contributed by atoms with Gasteiger partial charge in [0.1, 0.15) is 0 Å². The van der Waals surface area contributed by atoms with E-state index in [1.165, 1.54) is 0 Å². The van der Waals surface area contributed by atoms with Crippen LogP contribution < -0.4 is 10.2 Å². The van der Waals surface area contributed by atoms with Gasteiger partial charge in [-0.1, -0.05) is 12.1 Å². The van der Waals surface area contributed by atoms with Crippen molar-refractivity contribution in [1.82, 2.24) is 5.32 Å². The highest BCUT2D eigenvalue weighted by molar-refractivity contribution is 6.67. The zero-order valence-corrected chi connectivity index (χ0v) is 13.3. The first-order chi connectivity index (χ1) is 11.0. The summed E-state index contributed by atoms with van der Waals surface area (Å²) >= 11 is 0. The molecule has 0 radical (unpaired) electrons. The zero-order chi connectivity index (χ0) is 16.4. The maximum absolute atomic E-state index is 12.2. The third kappa shape index (κ3) is 2.96. The summed E-state index contributed by atoms with van der Waals surface area (Å²) in [5.41, 5.74) is 1.43. The van der Waals surface area contributed by atoms with E-state index in [1.807, 2.05) is 31.2 Å². The number of nitriles is 1. The van der Waals surface area contributed by atoms with Crippen LogP contribution in [0.2, 0.25) is 12.6 Å². The summed E-state index contributed by atoms with van der Waals surface area (Å²) in [6.45, 7) is 3.85. The molecule has 0 spiro atoms. The third-order valence-electron chi connectivity index (χ3n) is 5.15. The molecule has 1 unspecified atom stereocenters. The van der Waals surface area contributed by atoms with Crippen molar-refractivity contribution >= 4 is 24.2 Å². The second-order valence-corrected chi connectivity index (χ2v) is 6.65. The number of amides is 2. The predicted molar refractivity (Wildman–Crippen MR) is 89.4 cm³/mol. The van der Waals surface area contributed by atoms with Gasteiger partial charge in [-0.05, 0) is 43.7 Å². The fourth-order valence-electron chi connectivity index (χ4n) is 3.39. The van der Waals surface area contributed by atoms with Gasteiger partial charge in [0.25, 0.3) is 6.71 Å². The van der Waals surface area contributed by atoms with Crippen LogP contribution in [0.15, 0.2) is 24.3 Å². The molecule has 2 fully saturated rings. The molecule has 0 bridgehead atoms. The van der Waals surface area contributed by atoms with E-state index in [1.54, 1.807) is 0 Å². The molecular formula is C17H20BN3O2. The van der Waals surface area contributed by atoms with Gasteiger partial charge in [-0.2, -0.15) is 0 Å². The number of hydrogen-bond acceptors (Lipinski definition) is 4. The molecule has 0 aliphatic carbocycles. The zero-order valence-electron chi connectivity index (χ0n) is 13.3. The van der Waals surface area contributed by atoms with Crippen LogP contribution >= 0.6 is 0 Å². The summed E-state index contributed by atoms with van der Waals surface area (Å²) in [7, 11) is 0. The minimum atomic E-state index is -0.639. The summed E-state index contributed by atoms with van der Waals surface area (Å²) in [4.78, 5) is 25.8. The number of carbonyl (C=O) groups is 2. The van der Waals surface area contributed by atoms with Crippen molar-refractivity contribution in [3.8, 4) is 5.97 Å². The van der Waals surface area contributed by atoms with Crippen LogP contribution in [0.4, 0.5) is 5.69 Å². The van der Waals surface area contributed by atoms with Crippen molar-refractivity contribution < 1.29 is 9.59 Å². The van der Waals surface area contributed by atoms with Crippen LogP contribution in [-0.2, 0) is 15.0 Å². The molecule has 0 saturated carbocycles. The van der Waals surface area contributed by atoms with Gasteiger partial charge in [0.2, 0.25) is 11.8 Å². The lowest BCUT2D eigenvalue weighted by Gasteiger charge is -2.33. The first kappa shape index (κ1) is 15.6. The van der Waals surface area contributed by atoms with Crippen molar-refractivity contribution in [2.75, 3.05) is 18.0 Å². The summed E-state index contributed by atoms with van der Waals surface area (Å²) < 4.78 is 0. The van der Waals surface area contributed by atoms with Crippen LogP contribution in [0.1, 0.15) is 25.3 Å². The quantitative estimate of drug-likeness (QED) is 0.667. The van der Waals surface area contributed by atoms with Gasteiger partial charge in [-0.3, -0.25) is 14.9 Å². The van der Waals surface area contributed by atoms with Crippen LogP contribution in [0.5, 0.6) is 0 Å². The smallest absolute Gasteiger partial charge is 0.271 e. The van der Waals surface area contributed by atoms with E-state index in [0.717, 1.165) is 37.0 Å². The minimum Gasteiger partial charge on any atom is -0.373 e. The maximum atomic E-state index is 12.2. The topological polar surface area (TPSA) is 73.2 Å². The molecule has 3 rings (SSSR count). The highest BCUT2D eigenvalue weighted by atomic mass is 16.2. The largest absolute Gasteiger partial charge is 0.373 e. The standard InChI is InChI=1S/C17H20BN3O2/c1-17(7-6-15(22)20-16(17)23)13-2-4-14(5-3-13)21-10-8-18(12-19)9-11-21/h2-5H,6-11H2,1H3,(H,20,22,23). The molecule has 1 N–H and O–H groups in total. The Morgan fingerprint density at radius 1 is 1.22 bits per heavy atom. The van der Waals surface area contributed by atoms with Gasteiger partial charge in [0, 0.05) is 31.2 Å². The number of piperidine rings is 1. The van der Waals surface area contributed by atoms with Crippen molar-refractivity contribution in [3.63, 3.8) is 0 Å². The van der Waals surface area contributed by atoms with Gasteiger partial charge in [0.15, 0.2) is 0 Å². The van der Waals surface area contributed by atoms with Gasteiger partial charge in [0.05, 0.1) is 5.41 Å². The van der Waals surface area contributed by atoms with E-state index in [4.69, 9.17) is 5.26 Å². The van der Waals surface area contributed by atoms with E-state index < -0.39 is 5.41 Å². The number of anilines is 1. The second kappa shape index (κ2) is 6.07. The number of carbonyl (C=O) groups excluding carboxylic acids is 2. The molecule has 2 heterocycles. The molecule has 1 aromatic rings. The lowest BCUT2D eigenvalue weighted by atomic mass is 9.45. The Kier molecular flexibility index (Phi) is 4.12. The van der Waals surface area contributed by atoms with Gasteiger partial charge in [-0.25, -0.2) is 5.26 Å². The Balaban J connectivity index is 1.74. The monoisotopic (exact) mass is 309 g/mol. The summed E-state index contributed by atoms with van der Waals surface area (Å²) in [6.07, 6.45) is 2.73. The highest BCUT2D eigenvalue weighted by Crippen LogP contribution is 2.33. The number of benzene rings is 1. The highest BCUT2D eigenvalue weighted by Gasteiger charge is 2.39. The van der Waals surface area contributed by atoms with E-state index >= 15 is 0 Å². The maximum Gasteiger partial charge on any atom is 0.271 e. The first-order valence-corrected chi connectivity index (χ1v) is 8.12. The molecule has 118 valence electrons. The fraction of sp³-hybridized carbons (Fsp3) is 0.471. The second-order valence-electron chi connectivity index (χ2n) is 6.65. The van der Waals surface area contributed by atoms with Crippen molar-refractivity contribution in [1.29, 1.82) is 5.26 Å². The molecule has 2 saturated heterocycles. The molecule has 2 amide bonds.